The van der Waals surface area contributed by atoms with E-state index in [2.05, 4.69) is 0 Å². The van der Waals surface area contributed by atoms with Crippen LogP contribution in [0.3, 0.4) is 0 Å². The maximum atomic E-state index is 12.6. The number of hydrogen-bond acceptors (Lipinski definition) is 6. The van der Waals surface area contributed by atoms with Gasteiger partial charge in [-0.2, -0.15) is 0 Å². The molecule has 0 saturated carbocycles. The van der Waals surface area contributed by atoms with Crippen LogP contribution in [-0.4, -0.2) is 56.7 Å². The molecule has 38 heavy (non-hydrogen) atoms. The summed E-state index contributed by atoms with van der Waals surface area (Å²) in [4.78, 5) is 31.6. The Labute approximate surface area is 245 Å². The van der Waals surface area contributed by atoms with E-state index in [9.17, 15) is 19.5 Å². The van der Waals surface area contributed by atoms with Crippen molar-refractivity contribution < 1.29 is 53.6 Å². The smallest absolute Gasteiger partial charge is 0.328 e. The monoisotopic (exact) mass is 541 g/mol. The summed E-state index contributed by atoms with van der Waals surface area (Å²) in [6.07, 6.45) is 0.690. The van der Waals surface area contributed by atoms with Gasteiger partial charge in [0.15, 0.2) is 0 Å². The van der Waals surface area contributed by atoms with Crippen molar-refractivity contribution in [2.45, 2.75) is 72.2 Å². The second kappa shape index (κ2) is 16.4. The van der Waals surface area contributed by atoms with Crippen LogP contribution in [0.1, 0.15) is 89.5 Å². The molecule has 0 heterocycles. The fraction of sp³-hybridized carbons (Fsp3) is 0.433. The van der Waals surface area contributed by atoms with Gasteiger partial charge in [-0.1, -0.05) is 50.2 Å². The first-order valence-electron chi connectivity index (χ1n) is 18.4. The largest absolute Gasteiger partial charge is 0.478 e. The summed E-state index contributed by atoms with van der Waals surface area (Å²) < 4.78 is 119. The molecule has 0 aromatic heterocycles. The molecule has 2 aromatic carbocycles. The van der Waals surface area contributed by atoms with E-state index in [0.717, 1.165) is 0 Å². The molecule has 208 valence electrons. The van der Waals surface area contributed by atoms with Gasteiger partial charge in [0.1, 0.15) is 5.75 Å². The number of esters is 1. The molecule has 1 atom stereocenters. The summed E-state index contributed by atoms with van der Waals surface area (Å²) in [5.74, 6) is -4.58. The first-order valence-corrected chi connectivity index (χ1v) is 11.4. The fourth-order valence-corrected chi connectivity index (χ4v) is 3.21. The molecular weight excluding hydrogens is 486 g/mol. The van der Waals surface area contributed by atoms with Gasteiger partial charge < -0.3 is 20.1 Å². The summed E-state index contributed by atoms with van der Waals surface area (Å²) >= 11 is 0. The number of benzene rings is 2. The van der Waals surface area contributed by atoms with Gasteiger partial charge >= 0.3 is 17.9 Å². The Kier molecular flexibility index (Phi) is 7.10. The van der Waals surface area contributed by atoms with Crippen LogP contribution in [-0.2, 0) is 21.0 Å². The fourth-order valence-electron chi connectivity index (χ4n) is 3.21. The number of carbonyl (C=O) groups is 3. The van der Waals surface area contributed by atoms with E-state index in [4.69, 9.17) is 34.1 Å². The van der Waals surface area contributed by atoms with Gasteiger partial charge in [-0.15, -0.1) is 0 Å². The van der Waals surface area contributed by atoms with Crippen LogP contribution in [0.2, 0.25) is 0 Å². The molecule has 8 heteroatoms. The number of carboxylic acids is 2. The maximum Gasteiger partial charge on any atom is 0.328 e. The Morgan fingerprint density at radius 2 is 1.55 bits per heavy atom. The highest BCUT2D eigenvalue weighted by atomic mass is 16.5. The van der Waals surface area contributed by atoms with Crippen LogP contribution < -0.4 is 4.74 Å². The molecule has 0 aliphatic carbocycles. The molecule has 0 radical (unpaired) electrons. The average Bonchev–Trinajstić information content (AvgIpc) is 3.00. The predicted molar refractivity (Wildman–Crippen MR) is 147 cm³/mol. The zero-order valence-electron chi connectivity index (χ0n) is 35.0. The molecular formula is C30H41NO7. The van der Waals surface area contributed by atoms with Crippen LogP contribution in [0.15, 0.2) is 60.7 Å². The minimum atomic E-state index is -3.86. The molecule has 0 amide bonds. The highest BCUT2D eigenvalue weighted by Crippen LogP contribution is 2.36. The number of rotatable bonds is 12. The Bertz CT molecular complexity index is 1470. The molecule has 0 aliphatic heterocycles. The quantitative estimate of drug-likeness (QED) is 0.193. The molecule has 3 N–H and O–H groups in total. The van der Waals surface area contributed by atoms with Crippen molar-refractivity contribution in [1.82, 2.24) is 4.90 Å². The van der Waals surface area contributed by atoms with Crippen molar-refractivity contribution in [3.63, 3.8) is 0 Å². The minimum absolute atomic E-state index is 0.0360. The molecule has 0 fully saturated rings. The van der Waals surface area contributed by atoms with Gasteiger partial charge in [0.05, 0.1) is 12.5 Å². The lowest BCUT2D eigenvalue weighted by Gasteiger charge is -2.32. The number of nitrogens with zero attached hydrogens (tertiary/aromatic N) is 1. The molecule has 2 rings (SSSR count). The van der Waals surface area contributed by atoms with Crippen molar-refractivity contribution >= 4 is 17.9 Å². The molecule has 0 bridgehead atoms. The third kappa shape index (κ3) is 11.3. The first kappa shape index (κ1) is 16.5. The number of carbonyl (C=O) groups excluding carboxylic acids is 1. The van der Waals surface area contributed by atoms with Crippen LogP contribution in [0.4, 0.5) is 0 Å². The predicted octanol–water partition coefficient (Wildman–Crippen LogP) is 5.09. The summed E-state index contributed by atoms with van der Waals surface area (Å²) in [5, 5.41) is 25.5. The first-order chi connectivity index (χ1) is 23.5. The van der Waals surface area contributed by atoms with Gasteiger partial charge in [-0.05, 0) is 63.6 Å². The lowest BCUT2D eigenvalue weighted by molar-refractivity contribution is -0.138. The van der Waals surface area contributed by atoms with Gasteiger partial charge in [-0.3, -0.25) is 9.69 Å². The number of ether oxygens (including phenoxy) is 1. The molecule has 0 spiro atoms. The second-order valence-corrected chi connectivity index (χ2v) is 8.22. The molecule has 0 saturated heterocycles. The van der Waals surface area contributed by atoms with Crippen molar-refractivity contribution in [2.24, 2.45) is 5.92 Å². The van der Waals surface area contributed by atoms with Crippen molar-refractivity contribution in [3.8, 4) is 5.75 Å². The minimum Gasteiger partial charge on any atom is -0.478 e. The standard InChI is InChI=1S/C26H37NO3.C4H4O4/c1-18(2)26(29)30-25-13-12-21(17-28)16-24(25)23(22-10-8-7-9-11-22)14-15-27(19(3)4)20(5)6;5-3(6)1-2-4(7)8/h7-13,16,18-20,23,28H,14-15,17H2,1-6H3;1-2H,(H,5,6)(H,7,8)/i3D3,4D3,5D3,6D3,19D,20D;. The summed E-state index contributed by atoms with van der Waals surface area (Å²) in [6, 6.07) is 4.96. The van der Waals surface area contributed by atoms with E-state index in [1.807, 2.05) is 0 Å². The molecule has 0 aliphatic rings. The van der Waals surface area contributed by atoms with Gasteiger partial charge in [-0.25, -0.2) is 9.59 Å². The van der Waals surface area contributed by atoms with Crippen molar-refractivity contribution in [3.05, 3.63) is 77.4 Å². The molecule has 8 nitrogen and oxygen atoms in total. The van der Waals surface area contributed by atoms with Gasteiger partial charge in [0.2, 0.25) is 0 Å². The van der Waals surface area contributed by atoms with Crippen molar-refractivity contribution in [2.75, 3.05) is 6.54 Å². The highest BCUT2D eigenvalue weighted by molar-refractivity contribution is 5.89. The van der Waals surface area contributed by atoms with Gasteiger partial charge in [0.25, 0.3) is 0 Å². The van der Waals surface area contributed by atoms with E-state index in [1.54, 1.807) is 44.2 Å². The van der Waals surface area contributed by atoms with E-state index < -0.39 is 88.8 Å². The summed E-state index contributed by atoms with van der Waals surface area (Å²) in [5.41, 5.74) is 1.12. The number of aliphatic carboxylic acids is 2. The van der Waals surface area contributed by atoms with E-state index >= 15 is 0 Å². The Hall–Kier alpha value is -3.49. The third-order valence-electron chi connectivity index (χ3n) is 5.07. The van der Waals surface area contributed by atoms with Crippen LogP contribution in [0.5, 0.6) is 5.75 Å². The second-order valence-electron chi connectivity index (χ2n) is 8.22. The Morgan fingerprint density at radius 1 is 0.974 bits per heavy atom. The number of aliphatic hydroxyl groups excluding tert-OH is 1. The Balaban J connectivity index is 0.00000150. The SMILES string of the molecule is O=C(O)C=CC(=O)O.[2H]C([2H])([2H])C([2H])(N(CCC(c1ccccc1)c1cc(CO)ccc1OC(=O)C(C)C)C([2H])(C([2H])([2H])[2H])C([2H])([2H])[2H])C([2H])([2H])[2H]. The number of carboxylic acid groups (broad SMARTS) is 2. The van der Waals surface area contributed by atoms with E-state index in [0.29, 0.717) is 23.3 Å². The van der Waals surface area contributed by atoms with Crippen LogP contribution in [0.25, 0.3) is 0 Å². The van der Waals surface area contributed by atoms with Crippen LogP contribution in [0, 0.1) is 5.92 Å². The summed E-state index contributed by atoms with van der Waals surface area (Å²) in [7, 11) is 0. The topological polar surface area (TPSA) is 124 Å². The lowest BCUT2D eigenvalue weighted by atomic mass is 9.86. The number of hydrogen-bond donors (Lipinski definition) is 3. The third-order valence-corrected chi connectivity index (χ3v) is 5.07. The zero-order chi connectivity index (χ0) is 40.7. The highest BCUT2D eigenvalue weighted by Gasteiger charge is 2.23. The molecule has 1 unspecified atom stereocenters. The van der Waals surface area contributed by atoms with Gasteiger partial charge in [0, 0.05) is 54.9 Å². The molecule has 2 aromatic rings. The van der Waals surface area contributed by atoms with E-state index in [1.165, 1.54) is 18.2 Å². The maximum absolute atomic E-state index is 12.6. The van der Waals surface area contributed by atoms with Crippen molar-refractivity contribution in [1.29, 1.82) is 0 Å². The average molecular weight is 542 g/mol. The summed E-state index contributed by atoms with van der Waals surface area (Å²) in [6.45, 7) is -13.4. The zero-order valence-corrected chi connectivity index (χ0v) is 21.0. The normalized spacial score (nSPS) is 19.4. The van der Waals surface area contributed by atoms with Crippen LogP contribution >= 0.6 is 0 Å². The number of aliphatic hydroxyl groups is 1. The Morgan fingerprint density at radius 3 is 2.03 bits per heavy atom. The van der Waals surface area contributed by atoms with E-state index in [-0.39, 0.29) is 16.2 Å². The lowest BCUT2D eigenvalue weighted by Crippen LogP contribution is -2.38.